The molecule has 1 fully saturated rings. The van der Waals surface area contributed by atoms with Crippen LogP contribution in [-0.4, -0.2) is 23.1 Å². The molecule has 1 aliphatic heterocycles. The van der Waals surface area contributed by atoms with Crippen molar-refractivity contribution in [1.29, 1.82) is 0 Å². The molecule has 0 bridgehead atoms. The quantitative estimate of drug-likeness (QED) is 0.421. The summed E-state index contributed by atoms with van der Waals surface area (Å²) in [6.45, 7) is 13.6. The standard InChI is InChI=1S/C12H26P2.C4H10/c1-12(2,3)14-10-5-4-7-11-8-6-9-13-11;1-4(2)3/h11,13-14H,4-10H2,1-3H3;4H,1-3H3. The van der Waals surface area contributed by atoms with E-state index in [0.717, 1.165) is 20.2 Å². The maximum Gasteiger partial charge on any atom is -0.0207 e. The smallest absolute Gasteiger partial charge is 0.0207 e. The molecule has 0 nitrogen and oxygen atoms in total. The molecule has 0 aliphatic carbocycles. The van der Waals surface area contributed by atoms with Crippen LogP contribution in [-0.2, 0) is 0 Å². The van der Waals surface area contributed by atoms with Crippen LogP contribution in [0.25, 0.3) is 0 Å². The van der Waals surface area contributed by atoms with Crippen LogP contribution < -0.4 is 0 Å². The van der Waals surface area contributed by atoms with Crippen LogP contribution in [0.3, 0.4) is 0 Å². The highest BCUT2D eigenvalue weighted by atomic mass is 31.1. The fourth-order valence-electron chi connectivity index (χ4n) is 1.98. The Bertz CT molecular complexity index is 173. The molecule has 0 amide bonds. The summed E-state index contributed by atoms with van der Waals surface area (Å²) < 4.78 is 0. The summed E-state index contributed by atoms with van der Waals surface area (Å²) in [4.78, 5) is 0. The van der Waals surface area contributed by atoms with Crippen molar-refractivity contribution in [2.45, 2.75) is 84.5 Å². The maximum absolute atomic E-state index is 2.36. The normalized spacial score (nSPS) is 21.8. The van der Waals surface area contributed by atoms with Gasteiger partial charge in [0.1, 0.15) is 0 Å². The third kappa shape index (κ3) is 14.9. The minimum atomic E-state index is 0.578. The lowest BCUT2D eigenvalue weighted by Crippen LogP contribution is -2.05. The van der Waals surface area contributed by atoms with Crippen LogP contribution in [0.5, 0.6) is 0 Å². The van der Waals surface area contributed by atoms with E-state index in [2.05, 4.69) is 41.5 Å². The van der Waals surface area contributed by atoms with Crippen molar-refractivity contribution in [3.63, 3.8) is 0 Å². The average molecular weight is 290 g/mol. The molecule has 0 aromatic carbocycles. The zero-order valence-corrected chi connectivity index (χ0v) is 15.6. The molecule has 3 unspecified atom stereocenters. The predicted octanol–water partition coefficient (Wildman–Crippen LogP) is 6.14. The molecule has 0 radical (unpaired) electrons. The van der Waals surface area contributed by atoms with Gasteiger partial charge in [-0.05, 0) is 54.7 Å². The van der Waals surface area contributed by atoms with Gasteiger partial charge in [0.25, 0.3) is 0 Å². The minimum absolute atomic E-state index is 0.578. The van der Waals surface area contributed by atoms with Gasteiger partial charge in [-0.25, -0.2) is 0 Å². The summed E-state index contributed by atoms with van der Waals surface area (Å²) in [6.07, 6.45) is 10.6. The van der Waals surface area contributed by atoms with Gasteiger partial charge in [-0.3, -0.25) is 0 Å². The van der Waals surface area contributed by atoms with E-state index in [0.29, 0.717) is 5.16 Å². The van der Waals surface area contributed by atoms with Crippen LogP contribution in [0, 0.1) is 5.92 Å². The molecule has 1 heterocycles. The van der Waals surface area contributed by atoms with Crippen molar-refractivity contribution >= 4 is 17.2 Å². The summed E-state index contributed by atoms with van der Waals surface area (Å²) in [6, 6.07) is 0. The lowest BCUT2D eigenvalue weighted by atomic mass is 10.1. The number of unbranched alkanes of at least 4 members (excludes halogenated alkanes) is 1. The lowest BCUT2D eigenvalue weighted by Gasteiger charge is -2.18. The van der Waals surface area contributed by atoms with Crippen molar-refractivity contribution < 1.29 is 0 Å². The molecule has 1 rings (SSSR count). The topological polar surface area (TPSA) is 0 Å². The summed E-state index contributed by atoms with van der Waals surface area (Å²) in [7, 11) is 2.47. The molecule has 0 aromatic rings. The largest absolute Gasteiger partial charge is 0.119 e. The number of hydrogen-bond donors (Lipinski definition) is 0. The SMILES string of the molecule is CC(C)(C)PCCCCC1CCCP1.CC(C)C. The number of rotatable bonds is 5. The Hall–Kier alpha value is 0.860. The molecule has 110 valence electrons. The van der Waals surface area contributed by atoms with Crippen LogP contribution in [0.15, 0.2) is 0 Å². The van der Waals surface area contributed by atoms with E-state index in [1.165, 1.54) is 46.6 Å². The van der Waals surface area contributed by atoms with Gasteiger partial charge in [0.15, 0.2) is 0 Å². The molecule has 0 saturated carbocycles. The molecule has 3 atom stereocenters. The van der Waals surface area contributed by atoms with Gasteiger partial charge in [-0.1, -0.05) is 48.0 Å². The molecular formula is C16H36P2. The van der Waals surface area contributed by atoms with Crippen molar-refractivity contribution in [3.8, 4) is 0 Å². The highest BCUT2D eigenvalue weighted by molar-refractivity contribution is 7.39. The molecular weight excluding hydrogens is 254 g/mol. The molecule has 18 heavy (non-hydrogen) atoms. The van der Waals surface area contributed by atoms with Gasteiger partial charge in [0.05, 0.1) is 0 Å². The third-order valence-corrected chi connectivity index (χ3v) is 6.26. The maximum atomic E-state index is 2.36. The van der Waals surface area contributed by atoms with Crippen molar-refractivity contribution in [2.75, 3.05) is 12.3 Å². The van der Waals surface area contributed by atoms with Crippen molar-refractivity contribution in [2.24, 2.45) is 5.92 Å². The average Bonchev–Trinajstić information content (AvgIpc) is 2.67. The van der Waals surface area contributed by atoms with Crippen LogP contribution in [0.4, 0.5) is 0 Å². The molecule has 2 heteroatoms. The summed E-state index contributed by atoms with van der Waals surface area (Å²) >= 11 is 0. The minimum Gasteiger partial charge on any atom is -0.119 e. The second-order valence-corrected chi connectivity index (χ2v) is 11.3. The monoisotopic (exact) mass is 290 g/mol. The molecule has 0 N–H and O–H groups in total. The van der Waals surface area contributed by atoms with E-state index < -0.39 is 0 Å². The van der Waals surface area contributed by atoms with Gasteiger partial charge in [-0.15, -0.1) is 17.2 Å². The van der Waals surface area contributed by atoms with Gasteiger partial charge in [-0.2, -0.15) is 0 Å². The van der Waals surface area contributed by atoms with Crippen LogP contribution in [0.1, 0.15) is 73.6 Å². The molecule has 0 spiro atoms. The highest BCUT2D eigenvalue weighted by Crippen LogP contribution is 2.36. The first kappa shape index (κ1) is 18.9. The molecule has 0 aromatic heterocycles. The Labute approximate surface area is 120 Å². The van der Waals surface area contributed by atoms with E-state index >= 15 is 0 Å². The second-order valence-electron chi connectivity index (χ2n) is 7.20. The Morgan fingerprint density at radius 1 is 1.17 bits per heavy atom. The van der Waals surface area contributed by atoms with Gasteiger partial charge < -0.3 is 0 Å². The summed E-state index contributed by atoms with van der Waals surface area (Å²) in [5, 5.41) is 0.578. The van der Waals surface area contributed by atoms with Gasteiger partial charge in [0, 0.05) is 0 Å². The van der Waals surface area contributed by atoms with Crippen molar-refractivity contribution in [3.05, 3.63) is 0 Å². The van der Waals surface area contributed by atoms with Crippen LogP contribution >= 0.6 is 17.2 Å². The summed E-state index contributed by atoms with van der Waals surface area (Å²) in [5.74, 6) is 0.833. The second kappa shape index (κ2) is 10.6. The number of hydrogen-bond acceptors (Lipinski definition) is 0. The van der Waals surface area contributed by atoms with E-state index in [1.54, 1.807) is 6.42 Å². The highest BCUT2D eigenvalue weighted by Gasteiger charge is 2.14. The summed E-state index contributed by atoms with van der Waals surface area (Å²) in [5.41, 5.74) is 1.13. The molecule has 1 saturated heterocycles. The Balaban J connectivity index is 0.000000631. The van der Waals surface area contributed by atoms with Gasteiger partial charge in [0.2, 0.25) is 0 Å². The zero-order chi connectivity index (χ0) is 14.0. The fraction of sp³-hybridized carbons (Fsp3) is 1.00. The Morgan fingerprint density at radius 2 is 1.78 bits per heavy atom. The first-order valence-corrected chi connectivity index (χ1v) is 10.3. The van der Waals surface area contributed by atoms with E-state index in [1.807, 2.05) is 0 Å². The third-order valence-electron chi connectivity index (χ3n) is 2.80. The van der Waals surface area contributed by atoms with Crippen LogP contribution in [0.2, 0.25) is 0 Å². The molecule has 1 aliphatic rings. The van der Waals surface area contributed by atoms with E-state index in [-0.39, 0.29) is 0 Å². The Kier molecular flexibility index (Phi) is 11.1. The Morgan fingerprint density at radius 3 is 2.22 bits per heavy atom. The predicted molar refractivity (Wildman–Crippen MR) is 93.5 cm³/mol. The van der Waals surface area contributed by atoms with E-state index in [4.69, 9.17) is 0 Å². The van der Waals surface area contributed by atoms with Crippen molar-refractivity contribution in [1.82, 2.24) is 0 Å². The van der Waals surface area contributed by atoms with E-state index in [9.17, 15) is 0 Å². The van der Waals surface area contributed by atoms with Gasteiger partial charge >= 0.3 is 0 Å². The lowest BCUT2D eigenvalue weighted by molar-refractivity contribution is 0.659. The zero-order valence-electron chi connectivity index (χ0n) is 13.6. The first-order valence-electron chi connectivity index (χ1n) is 7.79. The fourth-order valence-corrected chi connectivity index (χ4v) is 4.79. The first-order chi connectivity index (χ1) is 8.31.